The molecule has 0 atom stereocenters. The minimum absolute atomic E-state index is 0.142. The molecule has 2 aromatic rings. The van der Waals surface area contributed by atoms with E-state index in [2.05, 4.69) is 5.32 Å². The molecule has 0 bridgehead atoms. The van der Waals surface area contributed by atoms with Crippen molar-refractivity contribution in [3.63, 3.8) is 0 Å². The summed E-state index contributed by atoms with van der Waals surface area (Å²) in [5, 5.41) is 2.75. The molecule has 0 aromatic heterocycles. The molecule has 0 unspecified atom stereocenters. The Labute approximate surface area is 115 Å². The number of hydrogen-bond acceptors (Lipinski definition) is 2. The first-order valence-corrected chi connectivity index (χ1v) is 5.89. The Hall–Kier alpha value is -2.07. The maximum Gasteiger partial charge on any atom is 0.259 e. The molecule has 1 amide bonds. The van der Waals surface area contributed by atoms with Gasteiger partial charge in [0.05, 0.1) is 23.4 Å². The molecule has 0 radical (unpaired) electrons. The van der Waals surface area contributed by atoms with Crippen molar-refractivity contribution in [2.75, 3.05) is 12.4 Å². The number of carbonyl (C=O) groups is 1. The summed E-state index contributed by atoms with van der Waals surface area (Å²) < 4.78 is 18.0. The number of halogens is 2. The topological polar surface area (TPSA) is 38.3 Å². The molecule has 19 heavy (non-hydrogen) atoms. The Morgan fingerprint density at radius 1 is 1.26 bits per heavy atom. The number of carbonyl (C=O) groups excluding carboxylic acids is 1. The lowest BCUT2D eigenvalue weighted by molar-refractivity contribution is 0.102. The van der Waals surface area contributed by atoms with Crippen LogP contribution in [0.25, 0.3) is 0 Å². The van der Waals surface area contributed by atoms with Crippen molar-refractivity contribution in [3.8, 4) is 5.75 Å². The molecule has 0 aliphatic carbocycles. The average Bonchev–Trinajstić information content (AvgIpc) is 2.41. The van der Waals surface area contributed by atoms with Crippen molar-refractivity contribution in [3.05, 3.63) is 58.9 Å². The van der Waals surface area contributed by atoms with Crippen molar-refractivity contribution < 1.29 is 13.9 Å². The highest BCUT2D eigenvalue weighted by atomic mass is 35.5. The third-order valence-electron chi connectivity index (χ3n) is 2.53. The van der Waals surface area contributed by atoms with Gasteiger partial charge >= 0.3 is 0 Å². The monoisotopic (exact) mass is 279 g/mol. The lowest BCUT2D eigenvalue weighted by Gasteiger charge is -2.10. The zero-order chi connectivity index (χ0) is 13.8. The molecule has 0 aliphatic rings. The van der Waals surface area contributed by atoms with E-state index in [9.17, 15) is 9.18 Å². The van der Waals surface area contributed by atoms with Gasteiger partial charge in [-0.2, -0.15) is 0 Å². The van der Waals surface area contributed by atoms with Crippen molar-refractivity contribution in [2.24, 2.45) is 0 Å². The van der Waals surface area contributed by atoms with Gasteiger partial charge in [-0.1, -0.05) is 23.7 Å². The first-order chi connectivity index (χ1) is 9.11. The van der Waals surface area contributed by atoms with Gasteiger partial charge < -0.3 is 10.1 Å². The molecule has 98 valence electrons. The zero-order valence-electron chi connectivity index (χ0n) is 10.1. The molecule has 0 spiro atoms. The van der Waals surface area contributed by atoms with E-state index in [1.54, 1.807) is 24.3 Å². The predicted octanol–water partition coefficient (Wildman–Crippen LogP) is 3.74. The van der Waals surface area contributed by atoms with Gasteiger partial charge in [0.15, 0.2) is 0 Å². The van der Waals surface area contributed by atoms with Crippen molar-refractivity contribution in [1.29, 1.82) is 0 Å². The van der Waals surface area contributed by atoms with Crippen LogP contribution in [0.3, 0.4) is 0 Å². The molecule has 0 aliphatic heterocycles. The van der Waals surface area contributed by atoms with E-state index in [1.807, 2.05) is 0 Å². The van der Waals surface area contributed by atoms with E-state index < -0.39 is 5.82 Å². The van der Waals surface area contributed by atoms with E-state index in [0.717, 1.165) is 6.07 Å². The minimum Gasteiger partial charge on any atom is -0.496 e. The quantitative estimate of drug-likeness (QED) is 0.929. The van der Waals surface area contributed by atoms with Crippen LogP contribution in [0.2, 0.25) is 5.02 Å². The predicted molar refractivity (Wildman–Crippen MR) is 72.4 cm³/mol. The minimum atomic E-state index is -0.458. The fourth-order valence-electron chi connectivity index (χ4n) is 1.61. The van der Waals surface area contributed by atoms with Gasteiger partial charge in [0, 0.05) is 0 Å². The maximum atomic E-state index is 12.9. The van der Waals surface area contributed by atoms with Crippen LogP contribution in [0.1, 0.15) is 10.4 Å². The Morgan fingerprint density at radius 2 is 2.00 bits per heavy atom. The average molecular weight is 280 g/mol. The smallest absolute Gasteiger partial charge is 0.259 e. The number of anilines is 1. The van der Waals surface area contributed by atoms with Crippen molar-refractivity contribution >= 4 is 23.2 Å². The third-order valence-corrected chi connectivity index (χ3v) is 2.84. The first-order valence-electron chi connectivity index (χ1n) is 5.51. The zero-order valence-corrected chi connectivity index (χ0v) is 10.9. The summed E-state index contributed by atoms with van der Waals surface area (Å²) in [4.78, 5) is 12.1. The molecular formula is C14H11ClFNO2. The number of amides is 1. The summed E-state index contributed by atoms with van der Waals surface area (Å²) in [6, 6.07) is 10.6. The van der Waals surface area contributed by atoms with Gasteiger partial charge in [-0.15, -0.1) is 0 Å². The third kappa shape index (κ3) is 3.03. The summed E-state index contributed by atoms with van der Waals surface area (Å²) in [7, 11) is 1.48. The van der Waals surface area contributed by atoms with E-state index in [4.69, 9.17) is 16.3 Å². The Balaban J connectivity index is 2.26. The molecule has 2 rings (SSSR count). The summed E-state index contributed by atoms with van der Waals surface area (Å²) in [5.74, 6) is -0.371. The standard InChI is InChI=1S/C14H11ClFNO2/c1-19-13-5-3-2-4-10(13)14(18)17-12-7-6-9(16)8-11(12)15/h2-8H,1H3,(H,17,18). The maximum absolute atomic E-state index is 12.9. The highest BCUT2D eigenvalue weighted by Crippen LogP contribution is 2.24. The second-order valence-electron chi connectivity index (χ2n) is 3.78. The second kappa shape index (κ2) is 5.71. The van der Waals surface area contributed by atoms with E-state index >= 15 is 0 Å². The SMILES string of the molecule is COc1ccccc1C(=O)Nc1ccc(F)cc1Cl. The van der Waals surface area contributed by atoms with E-state index in [1.165, 1.54) is 19.2 Å². The highest BCUT2D eigenvalue weighted by molar-refractivity contribution is 6.34. The lowest BCUT2D eigenvalue weighted by Crippen LogP contribution is -2.13. The van der Waals surface area contributed by atoms with Gasteiger partial charge in [0.25, 0.3) is 5.91 Å². The van der Waals surface area contributed by atoms with Gasteiger partial charge in [-0.3, -0.25) is 4.79 Å². The second-order valence-corrected chi connectivity index (χ2v) is 4.19. The molecule has 0 fully saturated rings. The first kappa shape index (κ1) is 13.4. The summed E-state index contributed by atoms with van der Waals surface area (Å²) >= 11 is 5.85. The number of hydrogen-bond donors (Lipinski definition) is 1. The van der Waals surface area contributed by atoms with Gasteiger partial charge in [0.2, 0.25) is 0 Å². The summed E-state index contributed by atoms with van der Waals surface area (Å²) in [6.45, 7) is 0. The number of methoxy groups -OCH3 is 1. The Bertz CT molecular complexity index is 616. The van der Waals surface area contributed by atoms with Crippen LogP contribution in [0.4, 0.5) is 10.1 Å². The fourth-order valence-corrected chi connectivity index (χ4v) is 1.83. The highest BCUT2D eigenvalue weighted by Gasteiger charge is 2.13. The van der Waals surface area contributed by atoms with Gasteiger partial charge in [0.1, 0.15) is 11.6 Å². The number of para-hydroxylation sites is 1. The molecule has 1 N–H and O–H groups in total. The van der Waals surface area contributed by atoms with Crippen LogP contribution < -0.4 is 10.1 Å². The van der Waals surface area contributed by atoms with Gasteiger partial charge in [-0.25, -0.2) is 4.39 Å². The number of benzene rings is 2. The Kier molecular flexibility index (Phi) is 4.02. The molecule has 0 saturated heterocycles. The van der Waals surface area contributed by atoms with Crippen LogP contribution in [0.15, 0.2) is 42.5 Å². The van der Waals surface area contributed by atoms with Crippen molar-refractivity contribution in [2.45, 2.75) is 0 Å². The van der Waals surface area contributed by atoms with Crippen LogP contribution in [-0.2, 0) is 0 Å². The normalized spacial score (nSPS) is 10.1. The molecule has 0 saturated carbocycles. The lowest BCUT2D eigenvalue weighted by atomic mass is 10.2. The van der Waals surface area contributed by atoms with Crippen LogP contribution in [0.5, 0.6) is 5.75 Å². The summed E-state index contributed by atoms with van der Waals surface area (Å²) in [5.41, 5.74) is 0.726. The molecule has 3 nitrogen and oxygen atoms in total. The van der Waals surface area contributed by atoms with Crippen molar-refractivity contribution in [1.82, 2.24) is 0 Å². The molecule has 0 heterocycles. The van der Waals surface area contributed by atoms with Crippen LogP contribution >= 0.6 is 11.6 Å². The number of nitrogens with one attached hydrogen (secondary N) is 1. The number of rotatable bonds is 3. The van der Waals surface area contributed by atoms with Crippen LogP contribution in [0, 0.1) is 5.82 Å². The summed E-state index contributed by atoms with van der Waals surface area (Å²) in [6.07, 6.45) is 0. The van der Waals surface area contributed by atoms with E-state index in [-0.39, 0.29) is 10.9 Å². The molecule has 5 heteroatoms. The van der Waals surface area contributed by atoms with Crippen LogP contribution in [-0.4, -0.2) is 13.0 Å². The fraction of sp³-hybridized carbons (Fsp3) is 0.0714. The Morgan fingerprint density at radius 3 is 2.68 bits per heavy atom. The van der Waals surface area contributed by atoms with Gasteiger partial charge in [-0.05, 0) is 30.3 Å². The molecular weight excluding hydrogens is 269 g/mol. The number of ether oxygens (including phenoxy) is 1. The molecule has 2 aromatic carbocycles. The van der Waals surface area contributed by atoms with E-state index in [0.29, 0.717) is 17.0 Å². The largest absolute Gasteiger partial charge is 0.496 e.